The Labute approximate surface area is 121 Å². The molecule has 0 fully saturated rings. The van der Waals surface area contributed by atoms with Crippen molar-refractivity contribution in [3.8, 4) is 0 Å². The van der Waals surface area contributed by atoms with Crippen LogP contribution in [0.2, 0.25) is 0 Å². The maximum Gasteiger partial charge on any atom is 0.272 e. The van der Waals surface area contributed by atoms with E-state index in [9.17, 15) is 4.79 Å². The molecule has 1 rings (SSSR count). The first-order valence-corrected chi connectivity index (χ1v) is 7.37. The van der Waals surface area contributed by atoms with Gasteiger partial charge in [0.05, 0.1) is 0 Å². The Hall–Kier alpha value is -1.65. The average Bonchev–Trinajstić information content (AvgIpc) is 2.44. The molecule has 0 spiro atoms. The summed E-state index contributed by atoms with van der Waals surface area (Å²) in [6.45, 7) is 8.03. The first kappa shape index (κ1) is 16.4. The Kier molecular flexibility index (Phi) is 6.98. The molecule has 0 aliphatic rings. The maximum atomic E-state index is 12.2. The summed E-state index contributed by atoms with van der Waals surface area (Å²) in [6.07, 6.45) is 4.76. The zero-order valence-electron chi connectivity index (χ0n) is 13.0. The third-order valence-corrected chi connectivity index (χ3v) is 3.07. The number of aromatic nitrogens is 2. The normalized spacial score (nSPS) is 10.7. The number of carbonyl (C=O) groups is 1. The van der Waals surface area contributed by atoms with E-state index in [2.05, 4.69) is 36.1 Å². The predicted octanol–water partition coefficient (Wildman–Crippen LogP) is 2.81. The number of carbonyl (C=O) groups excluding carboxylic acids is 1. The van der Waals surface area contributed by atoms with Crippen LogP contribution in [0.5, 0.6) is 0 Å². The standard InChI is InChI=1S/C15H26N4O/c1-5-6-11-19(4)14(20)13-8-10-17-15(18-13)16-9-7-12(2)3/h8,10,12H,5-7,9,11H2,1-4H3,(H,16,17,18). The van der Waals surface area contributed by atoms with Gasteiger partial charge in [0, 0.05) is 26.3 Å². The minimum Gasteiger partial charge on any atom is -0.354 e. The predicted molar refractivity (Wildman–Crippen MR) is 81.8 cm³/mol. The number of nitrogens with one attached hydrogen (secondary N) is 1. The fraction of sp³-hybridized carbons (Fsp3) is 0.667. The maximum absolute atomic E-state index is 12.2. The van der Waals surface area contributed by atoms with Gasteiger partial charge in [0.15, 0.2) is 0 Å². The lowest BCUT2D eigenvalue weighted by Crippen LogP contribution is -2.28. The van der Waals surface area contributed by atoms with Crippen LogP contribution in [0.1, 0.15) is 50.5 Å². The molecule has 1 aromatic rings. The largest absolute Gasteiger partial charge is 0.354 e. The van der Waals surface area contributed by atoms with Crippen LogP contribution >= 0.6 is 0 Å². The number of hydrogen-bond donors (Lipinski definition) is 1. The summed E-state index contributed by atoms with van der Waals surface area (Å²) >= 11 is 0. The van der Waals surface area contributed by atoms with E-state index in [1.807, 2.05) is 7.05 Å². The first-order chi connectivity index (χ1) is 9.54. The number of unbranched alkanes of at least 4 members (excludes halogenated alkanes) is 1. The summed E-state index contributed by atoms with van der Waals surface area (Å²) < 4.78 is 0. The zero-order chi connectivity index (χ0) is 15.0. The lowest BCUT2D eigenvalue weighted by atomic mass is 10.1. The summed E-state index contributed by atoms with van der Waals surface area (Å²) in [5.74, 6) is 1.11. The lowest BCUT2D eigenvalue weighted by molar-refractivity contribution is 0.0787. The second kappa shape index (κ2) is 8.51. The van der Waals surface area contributed by atoms with E-state index in [1.165, 1.54) is 0 Å². The molecule has 0 aliphatic heterocycles. The van der Waals surface area contributed by atoms with Crippen LogP contribution in [0.25, 0.3) is 0 Å². The van der Waals surface area contributed by atoms with Crippen LogP contribution in [-0.2, 0) is 0 Å². The number of amides is 1. The Morgan fingerprint density at radius 3 is 2.85 bits per heavy atom. The van der Waals surface area contributed by atoms with E-state index < -0.39 is 0 Å². The van der Waals surface area contributed by atoms with Gasteiger partial charge in [0.1, 0.15) is 5.69 Å². The molecule has 5 heteroatoms. The Balaban J connectivity index is 2.60. The van der Waals surface area contributed by atoms with Crippen molar-refractivity contribution in [3.63, 3.8) is 0 Å². The third kappa shape index (κ3) is 5.55. The van der Waals surface area contributed by atoms with E-state index >= 15 is 0 Å². The molecule has 0 bridgehead atoms. The summed E-state index contributed by atoms with van der Waals surface area (Å²) in [4.78, 5) is 22.3. The topological polar surface area (TPSA) is 58.1 Å². The van der Waals surface area contributed by atoms with Crippen LogP contribution in [0.3, 0.4) is 0 Å². The van der Waals surface area contributed by atoms with Crippen LogP contribution in [0.15, 0.2) is 12.3 Å². The molecule has 0 aromatic carbocycles. The van der Waals surface area contributed by atoms with Crippen LogP contribution in [0, 0.1) is 5.92 Å². The van der Waals surface area contributed by atoms with Crippen molar-refractivity contribution in [2.45, 2.75) is 40.0 Å². The second-order valence-electron chi connectivity index (χ2n) is 5.46. The van der Waals surface area contributed by atoms with Gasteiger partial charge in [-0.05, 0) is 24.8 Å². The molecule has 1 N–H and O–H groups in total. The highest BCUT2D eigenvalue weighted by Crippen LogP contribution is 2.06. The first-order valence-electron chi connectivity index (χ1n) is 7.37. The van der Waals surface area contributed by atoms with Gasteiger partial charge in [-0.1, -0.05) is 27.2 Å². The summed E-state index contributed by atoms with van der Waals surface area (Å²) in [7, 11) is 1.81. The molecule has 0 radical (unpaired) electrons. The highest BCUT2D eigenvalue weighted by atomic mass is 16.2. The number of hydrogen-bond acceptors (Lipinski definition) is 4. The van der Waals surface area contributed by atoms with E-state index in [-0.39, 0.29) is 5.91 Å². The molecule has 0 unspecified atom stereocenters. The Morgan fingerprint density at radius 1 is 1.45 bits per heavy atom. The van der Waals surface area contributed by atoms with Gasteiger partial charge in [0.25, 0.3) is 5.91 Å². The molecule has 20 heavy (non-hydrogen) atoms. The number of anilines is 1. The Bertz CT molecular complexity index is 420. The SMILES string of the molecule is CCCCN(C)C(=O)c1ccnc(NCCC(C)C)n1. The summed E-state index contributed by atoms with van der Waals surface area (Å²) in [6, 6.07) is 1.67. The molecule has 0 aliphatic carbocycles. The monoisotopic (exact) mass is 278 g/mol. The smallest absolute Gasteiger partial charge is 0.272 e. The van der Waals surface area contributed by atoms with Crippen molar-refractivity contribution in [2.24, 2.45) is 5.92 Å². The Morgan fingerprint density at radius 2 is 2.20 bits per heavy atom. The molecule has 1 heterocycles. The molecule has 112 valence electrons. The third-order valence-electron chi connectivity index (χ3n) is 3.07. The van der Waals surface area contributed by atoms with Crippen LogP contribution < -0.4 is 5.32 Å². The van der Waals surface area contributed by atoms with Crippen molar-refractivity contribution in [3.05, 3.63) is 18.0 Å². The fourth-order valence-electron chi connectivity index (χ4n) is 1.73. The van der Waals surface area contributed by atoms with Gasteiger partial charge in [0.2, 0.25) is 5.95 Å². The van der Waals surface area contributed by atoms with Crippen molar-refractivity contribution >= 4 is 11.9 Å². The van der Waals surface area contributed by atoms with Gasteiger partial charge < -0.3 is 10.2 Å². The van der Waals surface area contributed by atoms with E-state index in [1.54, 1.807) is 17.2 Å². The van der Waals surface area contributed by atoms with Crippen LogP contribution in [0.4, 0.5) is 5.95 Å². The minimum absolute atomic E-state index is 0.0484. The highest BCUT2D eigenvalue weighted by Gasteiger charge is 2.13. The van der Waals surface area contributed by atoms with Crippen molar-refractivity contribution in [1.29, 1.82) is 0 Å². The molecule has 0 atom stereocenters. The molecular formula is C15H26N4O. The molecule has 0 saturated carbocycles. The number of nitrogens with zero attached hydrogens (tertiary/aromatic N) is 3. The fourth-order valence-corrected chi connectivity index (χ4v) is 1.73. The van der Waals surface area contributed by atoms with E-state index in [0.717, 1.165) is 32.4 Å². The lowest BCUT2D eigenvalue weighted by Gasteiger charge is -2.16. The van der Waals surface area contributed by atoms with Crippen molar-refractivity contribution < 1.29 is 4.79 Å². The second-order valence-corrected chi connectivity index (χ2v) is 5.46. The van der Waals surface area contributed by atoms with Gasteiger partial charge in [-0.2, -0.15) is 0 Å². The zero-order valence-corrected chi connectivity index (χ0v) is 13.0. The summed E-state index contributed by atoms with van der Waals surface area (Å²) in [5, 5.41) is 3.16. The quantitative estimate of drug-likeness (QED) is 0.794. The number of rotatable bonds is 8. The summed E-state index contributed by atoms with van der Waals surface area (Å²) in [5.41, 5.74) is 0.450. The van der Waals surface area contributed by atoms with E-state index in [0.29, 0.717) is 17.6 Å². The van der Waals surface area contributed by atoms with E-state index in [4.69, 9.17) is 0 Å². The van der Waals surface area contributed by atoms with Gasteiger partial charge in [-0.15, -0.1) is 0 Å². The molecule has 5 nitrogen and oxygen atoms in total. The van der Waals surface area contributed by atoms with Crippen LogP contribution in [-0.4, -0.2) is 40.9 Å². The highest BCUT2D eigenvalue weighted by molar-refractivity contribution is 5.92. The van der Waals surface area contributed by atoms with Crippen molar-refractivity contribution in [1.82, 2.24) is 14.9 Å². The van der Waals surface area contributed by atoms with Gasteiger partial charge in [-0.25, -0.2) is 9.97 Å². The molecule has 1 aromatic heterocycles. The minimum atomic E-state index is -0.0484. The average molecular weight is 278 g/mol. The molecular weight excluding hydrogens is 252 g/mol. The molecule has 0 saturated heterocycles. The molecule has 1 amide bonds. The van der Waals surface area contributed by atoms with Gasteiger partial charge in [-0.3, -0.25) is 4.79 Å². The van der Waals surface area contributed by atoms with Crippen molar-refractivity contribution in [2.75, 3.05) is 25.5 Å². The van der Waals surface area contributed by atoms with Gasteiger partial charge >= 0.3 is 0 Å².